The largest absolute Gasteiger partial charge is 0.371 e. The number of hydrogen-bond acceptors (Lipinski definition) is 3. The molecule has 0 atom stereocenters. The van der Waals surface area contributed by atoms with Crippen molar-refractivity contribution >= 4 is 21.4 Å². The molecule has 0 spiro atoms. The summed E-state index contributed by atoms with van der Waals surface area (Å²) in [5.74, 6) is -0.781. The highest BCUT2D eigenvalue weighted by atomic mass is 32.2. The fraction of sp³-hybridized carbons (Fsp3) is 0.333. The van der Waals surface area contributed by atoms with Gasteiger partial charge in [0, 0.05) is 25.0 Å². The van der Waals surface area contributed by atoms with Gasteiger partial charge in [0.25, 0.3) is 10.0 Å². The van der Waals surface area contributed by atoms with Gasteiger partial charge >= 0.3 is 0 Å². The van der Waals surface area contributed by atoms with Gasteiger partial charge in [-0.15, -0.1) is 0 Å². The van der Waals surface area contributed by atoms with Gasteiger partial charge in [-0.2, -0.15) is 0 Å². The Kier molecular flexibility index (Phi) is 7.02. The Hall–Kier alpha value is -2.34. The van der Waals surface area contributed by atoms with Gasteiger partial charge in [0.05, 0.1) is 5.69 Å². The standard InChI is InChI=1S/C21H27FN2O2S/c1-5-15-23(16-6-2)19-12-10-13-20(17(19)4)24(7-3)27(25,26)21-14-9-8-11-18(21)22/h7-14H,3,5-6,15-16H2,1-2,4H3. The van der Waals surface area contributed by atoms with Crippen LogP contribution in [0.2, 0.25) is 0 Å². The van der Waals surface area contributed by atoms with Crippen LogP contribution in [0.1, 0.15) is 32.3 Å². The molecule has 6 heteroatoms. The van der Waals surface area contributed by atoms with Crippen LogP contribution in [0.5, 0.6) is 0 Å². The van der Waals surface area contributed by atoms with Crippen LogP contribution in [0.15, 0.2) is 60.1 Å². The zero-order valence-electron chi connectivity index (χ0n) is 16.2. The predicted octanol–water partition coefficient (Wildman–Crippen LogP) is 5.10. The van der Waals surface area contributed by atoms with Crippen molar-refractivity contribution in [2.75, 3.05) is 22.3 Å². The maximum absolute atomic E-state index is 14.2. The number of hydrogen-bond donors (Lipinski definition) is 0. The second-order valence-corrected chi connectivity index (χ2v) is 8.11. The number of halogens is 1. The molecular formula is C21H27FN2O2S. The third-order valence-electron chi connectivity index (χ3n) is 4.38. The first kappa shape index (κ1) is 21.0. The quantitative estimate of drug-likeness (QED) is 0.598. The Balaban J connectivity index is 2.57. The molecule has 0 heterocycles. The fourth-order valence-corrected chi connectivity index (χ4v) is 4.60. The average molecular weight is 391 g/mol. The van der Waals surface area contributed by atoms with Crippen molar-refractivity contribution in [3.63, 3.8) is 0 Å². The first-order valence-electron chi connectivity index (χ1n) is 9.14. The lowest BCUT2D eigenvalue weighted by Gasteiger charge is -2.29. The van der Waals surface area contributed by atoms with Crippen molar-refractivity contribution in [2.24, 2.45) is 0 Å². The molecule has 0 saturated carbocycles. The molecule has 27 heavy (non-hydrogen) atoms. The summed E-state index contributed by atoms with van der Waals surface area (Å²) in [5, 5.41) is 0. The van der Waals surface area contributed by atoms with Crippen LogP contribution < -0.4 is 9.21 Å². The van der Waals surface area contributed by atoms with E-state index in [-0.39, 0.29) is 4.90 Å². The molecule has 0 amide bonds. The molecule has 0 bridgehead atoms. The van der Waals surface area contributed by atoms with Gasteiger partial charge < -0.3 is 4.90 Å². The van der Waals surface area contributed by atoms with E-state index in [0.717, 1.165) is 47.6 Å². The minimum absolute atomic E-state index is 0.367. The Bertz CT molecular complexity index is 891. The summed E-state index contributed by atoms with van der Waals surface area (Å²) >= 11 is 0. The van der Waals surface area contributed by atoms with Gasteiger partial charge in [0.15, 0.2) is 0 Å². The maximum Gasteiger partial charge on any atom is 0.271 e. The van der Waals surface area contributed by atoms with Gasteiger partial charge in [-0.3, -0.25) is 0 Å². The molecule has 0 saturated heterocycles. The second-order valence-electron chi connectivity index (χ2n) is 6.32. The van der Waals surface area contributed by atoms with Crippen molar-refractivity contribution in [3.05, 3.63) is 66.6 Å². The van der Waals surface area contributed by atoms with Crippen LogP contribution in [-0.4, -0.2) is 21.5 Å². The SMILES string of the molecule is C=CN(c1cccc(N(CCC)CCC)c1C)S(=O)(=O)c1ccccc1F. The number of anilines is 2. The summed E-state index contributed by atoms with van der Waals surface area (Å²) in [5.41, 5.74) is 2.27. The van der Waals surface area contributed by atoms with E-state index in [2.05, 4.69) is 25.3 Å². The zero-order valence-corrected chi connectivity index (χ0v) is 17.0. The molecule has 0 aliphatic rings. The Morgan fingerprint density at radius 2 is 1.59 bits per heavy atom. The lowest BCUT2D eigenvalue weighted by Crippen LogP contribution is -2.29. The molecule has 0 N–H and O–H groups in total. The summed E-state index contributed by atoms with van der Waals surface area (Å²) in [6.07, 6.45) is 3.20. The molecule has 2 rings (SSSR count). The summed E-state index contributed by atoms with van der Waals surface area (Å²) in [7, 11) is -4.10. The van der Waals surface area contributed by atoms with Gasteiger partial charge in [-0.1, -0.05) is 38.6 Å². The van der Waals surface area contributed by atoms with Crippen molar-refractivity contribution < 1.29 is 12.8 Å². The van der Waals surface area contributed by atoms with Gasteiger partial charge in [0.2, 0.25) is 0 Å². The summed E-state index contributed by atoms with van der Waals surface area (Å²) < 4.78 is 41.4. The molecule has 0 unspecified atom stereocenters. The molecule has 0 aliphatic carbocycles. The molecule has 0 aliphatic heterocycles. The molecule has 2 aromatic carbocycles. The Morgan fingerprint density at radius 3 is 2.15 bits per heavy atom. The third kappa shape index (κ3) is 4.33. The summed E-state index contributed by atoms with van der Waals surface area (Å²) in [6.45, 7) is 11.5. The van der Waals surface area contributed by atoms with E-state index >= 15 is 0 Å². The number of nitrogens with zero attached hydrogens (tertiary/aromatic N) is 2. The molecule has 4 nitrogen and oxygen atoms in total. The van der Waals surface area contributed by atoms with E-state index < -0.39 is 15.8 Å². The minimum atomic E-state index is -4.10. The number of benzene rings is 2. The zero-order chi connectivity index (χ0) is 20.0. The third-order valence-corrected chi connectivity index (χ3v) is 6.13. The van der Waals surface area contributed by atoms with Crippen molar-refractivity contribution in [3.8, 4) is 0 Å². The topological polar surface area (TPSA) is 40.6 Å². The van der Waals surface area contributed by atoms with Crippen LogP contribution in [-0.2, 0) is 10.0 Å². The lowest BCUT2D eigenvalue weighted by atomic mass is 10.1. The normalized spacial score (nSPS) is 11.3. The highest BCUT2D eigenvalue weighted by molar-refractivity contribution is 7.93. The number of sulfonamides is 1. The maximum atomic E-state index is 14.2. The molecule has 0 radical (unpaired) electrons. The highest BCUT2D eigenvalue weighted by Crippen LogP contribution is 2.33. The van der Waals surface area contributed by atoms with E-state index in [1.165, 1.54) is 24.4 Å². The van der Waals surface area contributed by atoms with Crippen LogP contribution in [0.4, 0.5) is 15.8 Å². The highest BCUT2D eigenvalue weighted by Gasteiger charge is 2.27. The molecule has 0 aromatic heterocycles. The molecule has 146 valence electrons. The van der Waals surface area contributed by atoms with Gasteiger partial charge in [-0.05, 0) is 49.6 Å². The van der Waals surface area contributed by atoms with Gasteiger partial charge in [0.1, 0.15) is 10.7 Å². The lowest BCUT2D eigenvalue weighted by molar-refractivity contribution is 0.567. The van der Waals surface area contributed by atoms with Crippen molar-refractivity contribution in [1.29, 1.82) is 0 Å². The summed E-state index contributed by atoms with van der Waals surface area (Å²) in [4.78, 5) is 1.88. The Labute approximate surface area is 162 Å². The van der Waals surface area contributed by atoms with E-state index in [9.17, 15) is 12.8 Å². The van der Waals surface area contributed by atoms with Gasteiger partial charge in [-0.25, -0.2) is 17.1 Å². The fourth-order valence-electron chi connectivity index (χ4n) is 3.17. The van der Waals surface area contributed by atoms with Crippen molar-refractivity contribution in [2.45, 2.75) is 38.5 Å². The molecule has 0 fully saturated rings. The van der Waals surface area contributed by atoms with E-state index in [1.807, 2.05) is 19.1 Å². The minimum Gasteiger partial charge on any atom is -0.371 e. The van der Waals surface area contributed by atoms with Crippen LogP contribution in [0.25, 0.3) is 0 Å². The molecular weight excluding hydrogens is 363 g/mol. The predicted molar refractivity (Wildman–Crippen MR) is 110 cm³/mol. The average Bonchev–Trinajstić information content (AvgIpc) is 2.63. The summed E-state index contributed by atoms with van der Waals surface area (Å²) in [6, 6.07) is 10.9. The van der Waals surface area contributed by atoms with Crippen LogP contribution in [0.3, 0.4) is 0 Å². The van der Waals surface area contributed by atoms with E-state index in [4.69, 9.17) is 0 Å². The first-order chi connectivity index (χ1) is 12.9. The van der Waals surface area contributed by atoms with Crippen LogP contribution >= 0.6 is 0 Å². The van der Waals surface area contributed by atoms with Crippen molar-refractivity contribution in [1.82, 2.24) is 0 Å². The van der Waals surface area contributed by atoms with E-state index in [0.29, 0.717) is 5.69 Å². The van der Waals surface area contributed by atoms with E-state index in [1.54, 1.807) is 6.07 Å². The molecule has 2 aromatic rings. The van der Waals surface area contributed by atoms with Crippen LogP contribution in [0, 0.1) is 12.7 Å². The second kappa shape index (κ2) is 9.04. The first-order valence-corrected chi connectivity index (χ1v) is 10.6. The Morgan fingerprint density at radius 1 is 1.00 bits per heavy atom. The number of rotatable bonds is 9. The smallest absolute Gasteiger partial charge is 0.271 e. The monoisotopic (exact) mass is 390 g/mol.